The molecule has 1 amide bonds. The number of rotatable bonds is 11. The van der Waals surface area contributed by atoms with Crippen LogP contribution in [0.2, 0.25) is 0 Å². The molecule has 0 saturated heterocycles. The maximum atomic E-state index is 11.3. The lowest BCUT2D eigenvalue weighted by atomic mass is 10.3. The van der Waals surface area contributed by atoms with Crippen molar-refractivity contribution < 1.29 is 19.4 Å². The highest BCUT2D eigenvalue weighted by Crippen LogP contribution is 1.89. The summed E-state index contributed by atoms with van der Waals surface area (Å²) in [7, 11) is 0. The number of hydrogen-bond donors (Lipinski definition) is 3. The zero-order valence-corrected chi connectivity index (χ0v) is 11.2. The van der Waals surface area contributed by atoms with Gasteiger partial charge in [0.15, 0.2) is 0 Å². The molecule has 0 bridgehead atoms. The highest BCUT2D eigenvalue weighted by Gasteiger charge is 2.01. The Hall–Kier alpha value is -1.14. The molecule has 0 aliphatic carbocycles. The maximum absolute atomic E-state index is 11.3. The maximum Gasteiger partial charge on any atom is 0.303 e. The molecule has 0 heterocycles. The molecule has 0 saturated carbocycles. The summed E-state index contributed by atoms with van der Waals surface area (Å²) in [5.74, 6) is -0.888. The third kappa shape index (κ3) is 12.9. The van der Waals surface area contributed by atoms with E-state index in [1.165, 1.54) is 0 Å². The molecule has 106 valence electrons. The number of carboxylic acid groups (broad SMARTS) is 1. The zero-order valence-electron chi connectivity index (χ0n) is 11.2. The molecule has 0 aliphatic heterocycles. The fraction of sp³-hybridized carbons (Fsp3) is 0.833. The molecular formula is C12H24N2O4. The van der Waals surface area contributed by atoms with E-state index in [0.29, 0.717) is 26.1 Å². The van der Waals surface area contributed by atoms with Crippen LogP contribution in [0.3, 0.4) is 0 Å². The van der Waals surface area contributed by atoms with Crippen molar-refractivity contribution in [2.24, 2.45) is 0 Å². The van der Waals surface area contributed by atoms with Gasteiger partial charge in [-0.15, -0.1) is 0 Å². The molecule has 0 radical (unpaired) electrons. The minimum atomic E-state index is -0.814. The molecule has 0 aromatic carbocycles. The van der Waals surface area contributed by atoms with Crippen molar-refractivity contribution in [1.82, 2.24) is 10.6 Å². The third-order valence-corrected chi connectivity index (χ3v) is 2.12. The van der Waals surface area contributed by atoms with Crippen molar-refractivity contribution >= 4 is 11.9 Å². The average Bonchev–Trinajstić information content (AvgIpc) is 2.27. The van der Waals surface area contributed by atoms with E-state index in [1.807, 2.05) is 13.8 Å². The largest absolute Gasteiger partial charge is 0.481 e. The van der Waals surface area contributed by atoms with E-state index in [4.69, 9.17) is 9.84 Å². The van der Waals surface area contributed by atoms with Gasteiger partial charge in [0.05, 0.1) is 12.6 Å². The molecule has 0 spiro atoms. The van der Waals surface area contributed by atoms with E-state index in [9.17, 15) is 9.59 Å². The van der Waals surface area contributed by atoms with E-state index in [2.05, 4.69) is 10.6 Å². The first-order chi connectivity index (χ1) is 8.52. The number of carbonyl (C=O) groups is 2. The summed E-state index contributed by atoms with van der Waals surface area (Å²) in [4.78, 5) is 21.5. The van der Waals surface area contributed by atoms with Crippen LogP contribution in [-0.2, 0) is 14.3 Å². The van der Waals surface area contributed by atoms with E-state index < -0.39 is 5.97 Å². The predicted molar refractivity (Wildman–Crippen MR) is 68.5 cm³/mol. The molecule has 3 N–H and O–H groups in total. The van der Waals surface area contributed by atoms with Crippen LogP contribution in [0.4, 0.5) is 0 Å². The number of carboxylic acids is 1. The Labute approximate surface area is 108 Å². The van der Waals surface area contributed by atoms with E-state index in [0.717, 1.165) is 6.42 Å². The van der Waals surface area contributed by atoms with Gasteiger partial charge in [0.1, 0.15) is 0 Å². The molecule has 0 aliphatic rings. The van der Waals surface area contributed by atoms with E-state index in [1.54, 1.807) is 0 Å². The van der Waals surface area contributed by atoms with Crippen LogP contribution in [-0.4, -0.2) is 49.3 Å². The summed E-state index contributed by atoms with van der Waals surface area (Å²) in [6.45, 7) is 5.95. The van der Waals surface area contributed by atoms with Crippen LogP contribution < -0.4 is 10.6 Å². The highest BCUT2D eigenvalue weighted by molar-refractivity contribution is 5.77. The summed E-state index contributed by atoms with van der Waals surface area (Å²) in [6, 6.07) is 0. The van der Waals surface area contributed by atoms with Crippen LogP contribution in [0, 0.1) is 0 Å². The minimum Gasteiger partial charge on any atom is -0.481 e. The SMILES string of the molecule is CC(C)OCCCNC(=O)CNCCCC(=O)O. The number of hydrogen-bond acceptors (Lipinski definition) is 4. The Morgan fingerprint density at radius 1 is 1.22 bits per heavy atom. The Bertz CT molecular complexity index is 244. The summed E-state index contributed by atoms with van der Waals surface area (Å²) < 4.78 is 5.34. The molecule has 0 fully saturated rings. The lowest BCUT2D eigenvalue weighted by Gasteiger charge is -2.08. The number of amides is 1. The van der Waals surface area contributed by atoms with Crippen molar-refractivity contribution in [3.05, 3.63) is 0 Å². The van der Waals surface area contributed by atoms with Crippen molar-refractivity contribution in [3.63, 3.8) is 0 Å². The van der Waals surface area contributed by atoms with Crippen LogP contribution in [0.15, 0.2) is 0 Å². The fourth-order valence-electron chi connectivity index (χ4n) is 1.25. The molecule has 0 unspecified atom stereocenters. The Morgan fingerprint density at radius 2 is 1.94 bits per heavy atom. The van der Waals surface area contributed by atoms with Crippen molar-refractivity contribution in [3.8, 4) is 0 Å². The molecule has 0 aromatic rings. The van der Waals surface area contributed by atoms with Gasteiger partial charge in [0.2, 0.25) is 5.91 Å². The second-order valence-electron chi connectivity index (χ2n) is 4.30. The van der Waals surface area contributed by atoms with Gasteiger partial charge in [-0.2, -0.15) is 0 Å². The molecule has 6 nitrogen and oxygen atoms in total. The highest BCUT2D eigenvalue weighted by atomic mass is 16.5. The monoisotopic (exact) mass is 260 g/mol. The molecule has 6 heteroatoms. The zero-order chi connectivity index (χ0) is 13.8. The van der Waals surface area contributed by atoms with E-state index >= 15 is 0 Å². The van der Waals surface area contributed by atoms with Crippen molar-refractivity contribution in [1.29, 1.82) is 0 Å². The number of carbonyl (C=O) groups excluding carboxylic acids is 1. The van der Waals surface area contributed by atoms with Gasteiger partial charge < -0.3 is 20.5 Å². The summed E-state index contributed by atoms with van der Waals surface area (Å²) in [5, 5.41) is 14.1. The lowest BCUT2D eigenvalue weighted by molar-refractivity contribution is -0.137. The normalized spacial score (nSPS) is 10.6. The number of ether oxygens (including phenoxy) is 1. The first-order valence-corrected chi connectivity index (χ1v) is 6.33. The quantitative estimate of drug-likeness (QED) is 0.467. The molecule has 0 aromatic heterocycles. The molecular weight excluding hydrogens is 236 g/mol. The number of aliphatic carboxylic acids is 1. The molecule has 18 heavy (non-hydrogen) atoms. The standard InChI is InChI=1S/C12H24N2O4/c1-10(2)18-8-4-7-14-11(15)9-13-6-3-5-12(16)17/h10,13H,3-9H2,1-2H3,(H,14,15)(H,16,17). The van der Waals surface area contributed by atoms with Gasteiger partial charge in [0, 0.05) is 19.6 Å². The Balaban J connectivity index is 3.25. The van der Waals surface area contributed by atoms with Gasteiger partial charge in [-0.1, -0.05) is 0 Å². The minimum absolute atomic E-state index is 0.0742. The van der Waals surface area contributed by atoms with Gasteiger partial charge >= 0.3 is 5.97 Å². The van der Waals surface area contributed by atoms with Gasteiger partial charge in [-0.3, -0.25) is 9.59 Å². The Kier molecular flexibility index (Phi) is 10.3. The van der Waals surface area contributed by atoms with Crippen molar-refractivity contribution in [2.75, 3.05) is 26.2 Å². The third-order valence-electron chi connectivity index (χ3n) is 2.12. The predicted octanol–water partition coefficient (Wildman–Crippen LogP) is 0.372. The summed E-state index contributed by atoms with van der Waals surface area (Å²) in [5.41, 5.74) is 0. The van der Waals surface area contributed by atoms with Crippen LogP contribution >= 0.6 is 0 Å². The molecule has 0 atom stereocenters. The van der Waals surface area contributed by atoms with Crippen LogP contribution in [0.25, 0.3) is 0 Å². The first kappa shape index (κ1) is 16.9. The fourth-order valence-corrected chi connectivity index (χ4v) is 1.25. The van der Waals surface area contributed by atoms with E-state index in [-0.39, 0.29) is 25.0 Å². The van der Waals surface area contributed by atoms with Gasteiger partial charge in [-0.25, -0.2) is 0 Å². The molecule has 0 rings (SSSR count). The summed E-state index contributed by atoms with van der Waals surface area (Å²) in [6.07, 6.45) is 1.67. The number of nitrogens with one attached hydrogen (secondary N) is 2. The topological polar surface area (TPSA) is 87.7 Å². The first-order valence-electron chi connectivity index (χ1n) is 6.33. The van der Waals surface area contributed by atoms with Crippen molar-refractivity contribution in [2.45, 2.75) is 39.2 Å². The second kappa shape index (κ2) is 11.0. The van der Waals surface area contributed by atoms with Crippen LogP contribution in [0.1, 0.15) is 33.1 Å². The second-order valence-corrected chi connectivity index (χ2v) is 4.30. The average molecular weight is 260 g/mol. The van der Waals surface area contributed by atoms with Gasteiger partial charge in [0.25, 0.3) is 0 Å². The smallest absolute Gasteiger partial charge is 0.303 e. The summed E-state index contributed by atoms with van der Waals surface area (Å²) >= 11 is 0. The Morgan fingerprint density at radius 3 is 2.56 bits per heavy atom. The van der Waals surface area contributed by atoms with Crippen LogP contribution in [0.5, 0.6) is 0 Å². The lowest BCUT2D eigenvalue weighted by Crippen LogP contribution is -2.35. The van der Waals surface area contributed by atoms with Gasteiger partial charge in [-0.05, 0) is 33.2 Å².